The highest BCUT2D eigenvalue weighted by Gasteiger charge is 2.27. The molecule has 0 saturated carbocycles. The number of hydrogen-bond donors (Lipinski definition) is 1. The van der Waals surface area contributed by atoms with Crippen LogP contribution in [0.25, 0.3) is 0 Å². The second kappa shape index (κ2) is 6.20. The van der Waals surface area contributed by atoms with Crippen LogP contribution in [0.15, 0.2) is 52.3 Å². The summed E-state index contributed by atoms with van der Waals surface area (Å²) in [4.78, 5) is 0.937. The van der Waals surface area contributed by atoms with Crippen molar-refractivity contribution in [2.75, 3.05) is 5.75 Å². The number of hydrogen-bond acceptors (Lipinski definition) is 3. The SMILES string of the molecule is O=S(=O)(NC1CCSc2ccc(F)cc21)c1ccccc1Cl. The number of nitrogens with one attached hydrogen (secondary N) is 1. The molecule has 0 bridgehead atoms. The molecule has 7 heteroatoms. The monoisotopic (exact) mass is 357 g/mol. The summed E-state index contributed by atoms with van der Waals surface area (Å²) in [5, 5.41) is 0.166. The fraction of sp³-hybridized carbons (Fsp3) is 0.200. The van der Waals surface area contributed by atoms with E-state index in [4.69, 9.17) is 11.6 Å². The quantitative estimate of drug-likeness (QED) is 0.903. The van der Waals surface area contributed by atoms with Crippen molar-refractivity contribution in [3.05, 3.63) is 58.9 Å². The molecule has 0 aromatic heterocycles. The van der Waals surface area contributed by atoms with E-state index in [1.807, 2.05) is 0 Å². The molecule has 2 aromatic rings. The van der Waals surface area contributed by atoms with Gasteiger partial charge in [-0.05, 0) is 48.1 Å². The molecule has 1 unspecified atom stereocenters. The number of fused-ring (bicyclic) bond motifs is 1. The van der Waals surface area contributed by atoms with E-state index in [1.54, 1.807) is 30.0 Å². The molecule has 1 aliphatic rings. The topological polar surface area (TPSA) is 46.2 Å². The fourth-order valence-corrected chi connectivity index (χ4v) is 5.28. The molecule has 0 saturated heterocycles. The molecule has 1 aliphatic heterocycles. The third-order valence-electron chi connectivity index (χ3n) is 3.43. The van der Waals surface area contributed by atoms with Gasteiger partial charge in [0.25, 0.3) is 0 Å². The van der Waals surface area contributed by atoms with Gasteiger partial charge in [0.05, 0.1) is 5.02 Å². The van der Waals surface area contributed by atoms with E-state index in [-0.39, 0.29) is 15.7 Å². The molecule has 0 aliphatic carbocycles. The molecular formula is C15H13ClFNO2S2. The minimum atomic E-state index is -3.76. The maximum absolute atomic E-state index is 13.5. The molecule has 22 heavy (non-hydrogen) atoms. The molecule has 116 valence electrons. The van der Waals surface area contributed by atoms with Crippen LogP contribution in [0.2, 0.25) is 5.02 Å². The Bertz CT molecular complexity index is 811. The fourth-order valence-electron chi connectivity index (χ4n) is 2.40. The second-order valence-corrected chi connectivity index (χ2v) is 8.15. The van der Waals surface area contributed by atoms with Crippen LogP contribution in [0.4, 0.5) is 4.39 Å². The van der Waals surface area contributed by atoms with Crippen molar-refractivity contribution in [2.45, 2.75) is 22.3 Å². The summed E-state index contributed by atoms with van der Waals surface area (Å²) in [6.45, 7) is 0. The van der Waals surface area contributed by atoms with Gasteiger partial charge in [0.1, 0.15) is 10.7 Å². The molecule has 0 fully saturated rings. The van der Waals surface area contributed by atoms with Crippen LogP contribution in [0.3, 0.4) is 0 Å². The number of thioether (sulfide) groups is 1. The Balaban J connectivity index is 1.95. The molecule has 0 radical (unpaired) electrons. The Morgan fingerprint density at radius 2 is 2.00 bits per heavy atom. The lowest BCUT2D eigenvalue weighted by Crippen LogP contribution is -2.31. The average Bonchev–Trinajstić information content (AvgIpc) is 2.48. The molecule has 3 nitrogen and oxygen atoms in total. The van der Waals surface area contributed by atoms with Gasteiger partial charge in [-0.1, -0.05) is 23.7 Å². The van der Waals surface area contributed by atoms with Crippen molar-refractivity contribution in [2.24, 2.45) is 0 Å². The maximum Gasteiger partial charge on any atom is 0.242 e. The van der Waals surface area contributed by atoms with E-state index < -0.39 is 16.1 Å². The molecular weight excluding hydrogens is 345 g/mol. The first-order chi connectivity index (χ1) is 10.5. The Morgan fingerprint density at radius 3 is 2.77 bits per heavy atom. The number of rotatable bonds is 3. The Hall–Kier alpha value is -1.08. The van der Waals surface area contributed by atoms with Crippen molar-refractivity contribution < 1.29 is 12.8 Å². The second-order valence-electron chi connectivity index (χ2n) is 4.92. The zero-order chi connectivity index (χ0) is 15.7. The average molecular weight is 358 g/mol. The minimum absolute atomic E-state index is 0.0350. The highest BCUT2D eigenvalue weighted by atomic mass is 35.5. The van der Waals surface area contributed by atoms with E-state index in [2.05, 4.69) is 4.72 Å². The first kappa shape index (κ1) is 15.8. The number of halogens is 2. The van der Waals surface area contributed by atoms with Gasteiger partial charge >= 0.3 is 0 Å². The van der Waals surface area contributed by atoms with Gasteiger partial charge in [-0.15, -0.1) is 11.8 Å². The Morgan fingerprint density at radius 1 is 1.23 bits per heavy atom. The zero-order valence-electron chi connectivity index (χ0n) is 11.4. The maximum atomic E-state index is 13.5. The summed E-state index contributed by atoms with van der Waals surface area (Å²) < 4.78 is 41.2. The molecule has 1 atom stereocenters. The van der Waals surface area contributed by atoms with Gasteiger partial charge in [0.15, 0.2) is 0 Å². The standard InChI is InChI=1S/C15H13ClFNO2S2/c16-12-3-1-2-4-15(12)22(19,20)18-13-7-8-21-14-6-5-10(17)9-11(13)14/h1-6,9,13,18H,7-8H2. The largest absolute Gasteiger partial charge is 0.242 e. The van der Waals surface area contributed by atoms with Gasteiger partial charge < -0.3 is 0 Å². The summed E-state index contributed by atoms with van der Waals surface area (Å²) in [5.74, 6) is 0.400. The van der Waals surface area contributed by atoms with E-state index >= 15 is 0 Å². The summed E-state index contributed by atoms with van der Waals surface area (Å²) in [6, 6.07) is 10.3. The van der Waals surface area contributed by atoms with Crippen LogP contribution in [-0.2, 0) is 10.0 Å². The Kier molecular flexibility index (Phi) is 4.45. The Labute approximate surface area is 137 Å². The molecule has 0 amide bonds. The first-order valence-corrected chi connectivity index (χ1v) is 9.51. The van der Waals surface area contributed by atoms with Crippen molar-refractivity contribution >= 4 is 33.4 Å². The third kappa shape index (κ3) is 3.15. The number of benzene rings is 2. The minimum Gasteiger partial charge on any atom is -0.207 e. The summed E-state index contributed by atoms with van der Waals surface area (Å²) in [5.41, 5.74) is 0.673. The van der Waals surface area contributed by atoms with Crippen LogP contribution < -0.4 is 4.72 Å². The highest BCUT2D eigenvalue weighted by Crippen LogP contribution is 2.37. The molecule has 3 rings (SSSR count). The van der Waals surface area contributed by atoms with E-state index in [0.29, 0.717) is 12.0 Å². The smallest absolute Gasteiger partial charge is 0.207 e. The normalized spacial score (nSPS) is 18.0. The number of sulfonamides is 1. The highest BCUT2D eigenvalue weighted by molar-refractivity contribution is 7.99. The van der Waals surface area contributed by atoms with Gasteiger partial charge in [-0.25, -0.2) is 17.5 Å². The lowest BCUT2D eigenvalue weighted by Gasteiger charge is -2.26. The van der Waals surface area contributed by atoms with Crippen molar-refractivity contribution in [3.63, 3.8) is 0 Å². The lowest BCUT2D eigenvalue weighted by molar-refractivity contribution is 0.541. The summed E-state index contributed by atoms with van der Waals surface area (Å²) >= 11 is 7.57. The van der Waals surface area contributed by atoms with Crippen molar-refractivity contribution in [1.82, 2.24) is 4.72 Å². The molecule has 2 aromatic carbocycles. The lowest BCUT2D eigenvalue weighted by atomic mass is 10.0. The van der Waals surface area contributed by atoms with Gasteiger partial charge in [0, 0.05) is 10.9 Å². The van der Waals surface area contributed by atoms with Crippen LogP contribution in [0, 0.1) is 5.82 Å². The zero-order valence-corrected chi connectivity index (χ0v) is 13.8. The van der Waals surface area contributed by atoms with E-state index in [1.165, 1.54) is 24.3 Å². The van der Waals surface area contributed by atoms with Crippen LogP contribution in [0.5, 0.6) is 0 Å². The van der Waals surface area contributed by atoms with Crippen LogP contribution in [-0.4, -0.2) is 14.2 Å². The molecule has 1 heterocycles. The summed E-state index contributed by atoms with van der Waals surface area (Å²) in [7, 11) is -3.76. The van der Waals surface area contributed by atoms with Crippen LogP contribution in [0.1, 0.15) is 18.0 Å². The van der Waals surface area contributed by atoms with Crippen molar-refractivity contribution in [1.29, 1.82) is 0 Å². The third-order valence-corrected chi connectivity index (χ3v) is 6.53. The van der Waals surface area contributed by atoms with Crippen molar-refractivity contribution in [3.8, 4) is 0 Å². The molecule has 0 spiro atoms. The first-order valence-electron chi connectivity index (χ1n) is 6.66. The predicted molar refractivity (Wildman–Crippen MR) is 86.3 cm³/mol. The summed E-state index contributed by atoms with van der Waals surface area (Å²) in [6.07, 6.45) is 0.602. The van der Waals surface area contributed by atoms with E-state index in [0.717, 1.165) is 10.6 Å². The van der Waals surface area contributed by atoms with Gasteiger partial charge in [-0.3, -0.25) is 0 Å². The van der Waals surface area contributed by atoms with E-state index in [9.17, 15) is 12.8 Å². The van der Waals surface area contributed by atoms with Gasteiger partial charge in [0.2, 0.25) is 10.0 Å². The van der Waals surface area contributed by atoms with Crippen LogP contribution >= 0.6 is 23.4 Å². The predicted octanol–water partition coefficient (Wildman–Crippen LogP) is 3.99. The van der Waals surface area contributed by atoms with Gasteiger partial charge in [-0.2, -0.15) is 0 Å². The molecule has 1 N–H and O–H groups in total.